The van der Waals surface area contributed by atoms with E-state index in [9.17, 15) is 0 Å². The van der Waals surface area contributed by atoms with E-state index in [2.05, 4.69) is 29.2 Å². The Morgan fingerprint density at radius 3 is 2.61 bits per heavy atom. The molecule has 92 valence electrons. The van der Waals surface area contributed by atoms with E-state index in [0.29, 0.717) is 6.54 Å². The summed E-state index contributed by atoms with van der Waals surface area (Å²) in [5, 5.41) is 0. The van der Waals surface area contributed by atoms with Crippen LogP contribution in [0, 0.1) is 0 Å². The summed E-state index contributed by atoms with van der Waals surface area (Å²) >= 11 is 0. The molecular formula is C16H18N2. The highest BCUT2D eigenvalue weighted by Crippen LogP contribution is 2.27. The van der Waals surface area contributed by atoms with Crippen molar-refractivity contribution < 1.29 is 0 Å². The van der Waals surface area contributed by atoms with Crippen molar-refractivity contribution in [1.29, 1.82) is 0 Å². The van der Waals surface area contributed by atoms with Crippen LogP contribution in [0.1, 0.15) is 29.5 Å². The Morgan fingerprint density at radius 1 is 0.944 bits per heavy atom. The summed E-state index contributed by atoms with van der Waals surface area (Å²) in [6.07, 6.45) is 8.85. The minimum atomic E-state index is 0.547. The molecule has 0 spiro atoms. The number of rotatable bonds is 2. The normalized spacial score (nSPS) is 14.3. The van der Waals surface area contributed by atoms with Crippen molar-refractivity contribution in [3.05, 3.63) is 53.3 Å². The lowest BCUT2D eigenvalue weighted by Crippen LogP contribution is -2.02. The molecule has 1 aliphatic carbocycles. The smallest absolute Gasteiger partial charge is 0.0346 e. The predicted molar refractivity (Wildman–Crippen MR) is 74.2 cm³/mol. The quantitative estimate of drug-likeness (QED) is 0.873. The number of aryl methyl sites for hydroxylation is 2. The number of benzene rings is 1. The highest BCUT2D eigenvalue weighted by molar-refractivity contribution is 5.64. The van der Waals surface area contributed by atoms with Crippen molar-refractivity contribution in [3.8, 4) is 11.1 Å². The molecule has 18 heavy (non-hydrogen) atoms. The van der Waals surface area contributed by atoms with Gasteiger partial charge in [0.2, 0.25) is 0 Å². The van der Waals surface area contributed by atoms with Gasteiger partial charge in [-0.3, -0.25) is 4.98 Å². The van der Waals surface area contributed by atoms with Gasteiger partial charge >= 0.3 is 0 Å². The number of pyridine rings is 1. The fourth-order valence-electron chi connectivity index (χ4n) is 2.67. The van der Waals surface area contributed by atoms with Gasteiger partial charge in [-0.15, -0.1) is 0 Å². The van der Waals surface area contributed by atoms with Gasteiger partial charge in [-0.2, -0.15) is 0 Å². The second kappa shape index (κ2) is 4.91. The van der Waals surface area contributed by atoms with Crippen molar-refractivity contribution >= 4 is 0 Å². The maximum absolute atomic E-state index is 5.67. The molecule has 0 aliphatic heterocycles. The number of nitrogens with two attached hydrogens (primary N) is 1. The molecule has 0 atom stereocenters. The minimum Gasteiger partial charge on any atom is -0.326 e. The molecule has 0 amide bonds. The second-order valence-corrected chi connectivity index (χ2v) is 4.98. The van der Waals surface area contributed by atoms with Gasteiger partial charge in [0.1, 0.15) is 0 Å². The maximum atomic E-state index is 5.67. The molecule has 1 aromatic heterocycles. The molecule has 1 aromatic carbocycles. The average molecular weight is 238 g/mol. The lowest BCUT2D eigenvalue weighted by atomic mass is 9.89. The zero-order valence-corrected chi connectivity index (χ0v) is 10.5. The van der Waals surface area contributed by atoms with Gasteiger partial charge in [0.25, 0.3) is 0 Å². The average Bonchev–Trinajstić information content (AvgIpc) is 2.47. The fourth-order valence-corrected chi connectivity index (χ4v) is 2.67. The van der Waals surface area contributed by atoms with Crippen LogP contribution in [0.5, 0.6) is 0 Å². The van der Waals surface area contributed by atoms with Crippen LogP contribution >= 0.6 is 0 Å². The number of hydrogen-bond donors (Lipinski definition) is 1. The molecule has 0 unspecified atom stereocenters. The van der Waals surface area contributed by atoms with E-state index in [4.69, 9.17) is 5.73 Å². The van der Waals surface area contributed by atoms with Gasteiger partial charge in [0.15, 0.2) is 0 Å². The third-order valence-corrected chi connectivity index (χ3v) is 3.71. The Labute approximate surface area is 108 Å². The topological polar surface area (TPSA) is 38.9 Å². The van der Waals surface area contributed by atoms with Crippen LogP contribution in [0.2, 0.25) is 0 Å². The van der Waals surface area contributed by atoms with Crippen molar-refractivity contribution in [2.24, 2.45) is 5.73 Å². The van der Waals surface area contributed by atoms with E-state index in [1.54, 1.807) is 0 Å². The summed E-state index contributed by atoms with van der Waals surface area (Å²) in [6.45, 7) is 0.547. The van der Waals surface area contributed by atoms with E-state index in [-0.39, 0.29) is 0 Å². The monoisotopic (exact) mass is 238 g/mol. The first-order chi connectivity index (χ1) is 8.86. The molecule has 0 radical (unpaired) electrons. The number of aromatic nitrogens is 1. The van der Waals surface area contributed by atoms with E-state index in [1.807, 2.05) is 12.4 Å². The highest BCUT2D eigenvalue weighted by Gasteiger charge is 2.10. The van der Waals surface area contributed by atoms with Gasteiger partial charge in [0, 0.05) is 24.5 Å². The second-order valence-electron chi connectivity index (χ2n) is 4.98. The molecule has 1 aliphatic rings. The van der Waals surface area contributed by atoms with E-state index < -0.39 is 0 Å². The lowest BCUT2D eigenvalue weighted by molar-refractivity contribution is 0.686. The van der Waals surface area contributed by atoms with Gasteiger partial charge < -0.3 is 5.73 Å². The minimum absolute atomic E-state index is 0.547. The van der Waals surface area contributed by atoms with Crippen molar-refractivity contribution in [3.63, 3.8) is 0 Å². The van der Waals surface area contributed by atoms with Crippen molar-refractivity contribution in [1.82, 2.24) is 4.98 Å². The number of hydrogen-bond acceptors (Lipinski definition) is 2. The Hall–Kier alpha value is -1.67. The first-order valence-corrected chi connectivity index (χ1v) is 6.63. The maximum Gasteiger partial charge on any atom is 0.0346 e. The summed E-state index contributed by atoms with van der Waals surface area (Å²) in [6, 6.07) is 8.95. The first kappa shape index (κ1) is 11.4. The van der Waals surface area contributed by atoms with Gasteiger partial charge in [0.05, 0.1) is 0 Å². The predicted octanol–water partition coefficient (Wildman–Crippen LogP) is 3.09. The van der Waals surface area contributed by atoms with Gasteiger partial charge in [-0.1, -0.05) is 18.2 Å². The Morgan fingerprint density at radius 2 is 1.78 bits per heavy atom. The summed E-state index contributed by atoms with van der Waals surface area (Å²) in [5.41, 5.74) is 12.2. The molecule has 2 nitrogen and oxygen atoms in total. The molecule has 0 bridgehead atoms. The first-order valence-electron chi connectivity index (χ1n) is 6.63. The van der Waals surface area contributed by atoms with Crippen molar-refractivity contribution in [2.45, 2.75) is 32.2 Å². The molecule has 0 fully saturated rings. The van der Waals surface area contributed by atoms with Crippen molar-refractivity contribution in [2.75, 3.05) is 0 Å². The summed E-state index contributed by atoms with van der Waals surface area (Å²) in [5.74, 6) is 0. The van der Waals surface area contributed by atoms with Crippen LogP contribution in [0.15, 0.2) is 36.7 Å². The molecule has 1 heterocycles. The third-order valence-electron chi connectivity index (χ3n) is 3.71. The number of nitrogens with zero attached hydrogens (tertiary/aromatic N) is 1. The van der Waals surface area contributed by atoms with Crippen LogP contribution in [0.25, 0.3) is 11.1 Å². The van der Waals surface area contributed by atoms with Crippen LogP contribution < -0.4 is 5.73 Å². The van der Waals surface area contributed by atoms with E-state index in [0.717, 1.165) is 5.56 Å². The fraction of sp³-hybridized carbons (Fsp3) is 0.312. The SMILES string of the molecule is NCc1cncc(-c2ccc3c(c2)CCCC3)c1. The zero-order chi connectivity index (χ0) is 12.4. The summed E-state index contributed by atoms with van der Waals surface area (Å²) < 4.78 is 0. The molecule has 0 saturated heterocycles. The highest BCUT2D eigenvalue weighted by atomic mass is 14.6. The van der Waals surface area contributed by atoms with Crippen LogP contribution in [-0.2, 0) is 19.4 Å². The Kier molecular flexibility index (Phi) is 3.11. The number of fused-ring (bicyclic) bond motifs is 1. The molecule has 3 rings (SSSR count). The Bertz CT molecular complexity index is 561. The van der Waals surface area contributed by atoms with Gasteiger partial charge in [-0.05, 0) is 54.0 Å². The van der Waals surface area contributed by atoms with Crippen LogP contribution in [0.4, 0.5) is 0 Å². The summed E-state index contributed by atoms with van der Waals surface area (Å²) in [4.78, 5) is 4.26. The largest absolute Gasteiger partial charge is 0.326 e. The third kappa shape index (κ3) is 2.16. The molecule has 2 N–H and O–H groups in total. The Balaban J connectivity index is 2.00. The summed E-state index contributed by atoms with van der Waals surface area (Å²) in [7, 11) is 0. The zero-order valence-electron chi connectivity index (χ0n) is 10.5. The van der Waals surface area contributed by atoms with E-state index in [1.165, 1.54) is 47.9 Å². The molecule has 2 heteroatoms. The molecule has 0 saturated carbocycles. The lowest BCUT2D eigenvalue weighted by Gasteiger charge is -2.16. The molecule has 2 aromatic rings. The van der Waals surface area contributed by atoms with E-state index >= 15 is 0 Å². The van der Waals surface area contributed by atoms with Crippen LogP contribution in [0.3, 0.4) is 0 Å². The van der Waals surface area contributed by atoms with Crippen LogP contribution in [-0.4, -0.2) is 4.98 Å². The molecular weight excluding hydrogens is 220 g/mol. The van der Waals surface area contributed by atoms with Gasteiger partial charge in [-0.25, -0.2) is 0 Å². The standard InChI is InChI=1S/C16H18N2/c17-9-12-7-16(11-18-10-12)15-6-5-13-3-1-2-4-14(13)8-15/h5-8,10-11H,1-4,9,17H2.